The third kappa shape index (κ3) is 4.49. The summed E-state index contributed by atoms with van der Waals surface area (Å²) in [6.07, 6.45) is 6.10. The van der Waals surface area contributed by atoms with Crippen molar-refractivity contribution < 1.29 is 13.2 Å². The van der Waals surface area contributed by atoms with Gasteiger partial charge in [-0.25, -0.2) is 18.4 Å². The fourth-order valence-electron chi connectivity index (χ4n) is 4.16. The van der Waals surface area contributed by atoms with Crippen LogP contribution in [0.3, 0.4) is 0 Å². The van der Waals surface area contributed by atoms with Gasteiger partial charge in [0.25, 0.3) is 0 Å². The van der Waals surface area contributed by atoms with Crippen molar-refractivity contribution in [1.82, 2.24) is 15.0 Å². The number of aromatic nitrogens is 3. The third-order valence-corrected chi connectivity index (χ3v) is 8.96. The van der Waals surface area contributed by atoms with Crippen LogP contribution in [-0.4, -0.2) is 34.5 Å². The highest BCUT2D eigenvalue weighted by Crippen LogP contribution is 2.44. The minimum Gasteiger partial charge on any atom is -0.366 e. The molecule has 1 amide bonds. The Kier molecular flexibility index (Phi) is 6.24. The molecule has 1 aromatic carbocycles. The molecule has 0 atom stereocenters. The van der Waals surface area contributed by atoms with Crippen LogP contribution in [0.1, 0.15) is 66.8 Å². The molecule has 2 heterocycles. The van der Waals surface area contributed by atoms with Crippen molar-refractivity contribution in [2.45, 2.75) is 57.1 Å². The highest BCUT2D eigenvalue weighted by Gasteiger charge is 2.38. The first-order valence-corrected chi connectivity index (χ1v) is 13.3. The fourth-order valence-corrected chi connectivity index (χ4v) is 6.57. The van der Waals surface area contributed by atoms with E-state index < -0.39 is 21.3 Å². The lowest BCUT2D eigenvalue weighted by Gasteiger charge is -2.33. The Labute approximate surface area is 197 Å². The Morgan fingerprint density at radius 2 is 1.94 bits per heavy atom. The first-order chi connectivity index (χ1) is 15.7. The van der Waals surface area contributed by atoms with Crippen molar-refractivity contribution in [3.63, 3.8) is 0 Å². The van der Waals surface area contributed by atoms with Crippen LogP contribution in [-0.2, 0) is 15.4 Å². The Morgan fingerprint density at radius 3 is 2.55 bits per heavy atom. The predicted octanol–water partition coefficient (Wildman–Crippen LogP) is 4.02. The van der Waals surface area contributed by atoms with Gasteiger partial charge in [0.1, 0.15) is 0 Å². The van der Waals surface area contributed by atoms with Gasteiger partial charge in [0.15, 0.2) is 5.13 Å². The summed E-state index contributed by atoms with van der Waals surface area (Å²) in [5, 5.41) is 1.91. The molecule has 0 bridgehead atoms. The second-order valence-corrected chi connectivity index (χ2v) is 11.2. The summed E-state index contributed by atoms with van der Waals surface area (Å²) >= 11 is 1.27. The summed E-state index contributed by atoms with van der Waals surface area (Å²) < 4.78 is 27.5. The van der Waals surface area contributed by atoms with Crippen molar-refractivity contribution in [1.29, 1.82) is 0 Å². The normalized spacial score (nSPS) is 14.3. The van der Waals surface area contributed by atoms with Crippen molar-refractivity contribution in [2.75, 3.05) is 4.72 Å². The number of aryl methyl sites for hydroxylation is 1. The molecule has 3 aromatic rings. The molecule has 0 saturated heterocycles. The van der Waals surface area contributed by atoms with E-state index in [0.29, 0.717) is 42.1 Å². The maximum Gasteiger partial charge on any atom is 0.248 e. The number of sulfonamides is 1. The molecule has 1 saturated carbocycles. The van der Waals surface area contributed by atoms with Gasteiger partial charge >= 0.3 is 0 Å². The van der Waals surface area contributed by atoms with Gasteiger partial charge in [0, 0.05) is 28.1 Å². The molecule has 33 heavy (non-hydrogen) atoms. The smallest absolute Gasteiger partial charge is 0.248 e. The highest BCUT2D eigenvalue weighted by atomic mass is 32.2. The van der Waals surface area contributed by atoms with Crippen LogP contribution in [0.4, 0.5) is 5.13 Å². The van der Waals surface area contributed by atoms with Crippen molar-refractivity contribution >= 4 is 32.4 Å². The zero-order valence-corrected chi connectivity index (χ0v) is 20.5. The van der Waals surface area contributed by atoms with E-state index in [2.05, 4.69) is 28.5 Å². The number of carbonyl (C=O) groups excluding carboxylic acids is 1. The lowest BCUT2D eigenvalue weighted by molar-refractivity contribution is 0.1000. The van der Waals surface area contributed by atoms with E-state index in [1.165, 1.54) is 11.3 Å². The molecule has 1 aliphatic carbocycles. The van der Waals surface area contributed by atoms with E-state index in [4.69, 9.17) is 10.7 Å². The number of hydrogen-bond donors (Lipinski definition) is 2. The Morgan fingerprint density at radius 1 is 1.21 bits per heavy atom. The van der Waals surface area contributed by atoms with E-state index in [0.717, 1.165) is 22.5 Å². The quantitative estimate of drug-likeness (QED) is 0.471. The SMILES string of the molecule is CCC(CC)(c1csc(NS(=O)(=O)C2CC2)n1)c1cc(C(N)=O)ccc1-c1cncc(C)n1. The summed E-state index contributed by atoms with van der Waals surface area (Å²) in [5.74, 6) is -0.518. The first-order valence-electron chi connectivity index (χ1n) is 10.9. The van der Waals surface area contributed by atoms with Gasteiger partial charge in [-0.05, 0) is 50.3 Å². The van der Waals surface area contributed by atoms with Gasteiger partial charge in [0.05, 0.1) is 28.5 Å². The zero-order valence-electron chi connectivity index (χ0n) is 18.8. The number of nitrogens with zero attached hydrogens (tertiary/aromatic N) is 3. The second-order valence-electron chi connectivity index (χ2n) is 8.34. The molecule has 10 heteroatoms. The number of rotatable bonds is 9. The maximum atomic E-state index is 12.4. The monoisotopic (exact) mass is 485 g/mol. The average molecular weight is 486 g/mol. The number of thiazole rings is 1. The molecule has 4 rings (SSSR count). The fraction of sp³-hybridized carbons (Fsp3) is 0.391. The van der Waals surface area contributed by atoms with Crippen molar-refractivity contribution in [3.05, 3.63) is 58.5 Å². The molecule has 3 N–H and O–H groups in total. The number of nitrogens with two attached hydrogens (primary N) is 1. The van der Waals surface area contributed by atoms with Gasteiger partial charge in [-0.1, -0.05) is 19.9 Å². The minimum atomic E-state index is -3.41. The van der Waals surface area contributed by atoms with Crippen LogP contribution in [0.5, 0.6) is 0 Å². The van der Waals surface area contributed by atoms with Gasteiger partial charge in [-0.15, -0.1) is 11.3 Å². The first kappa shape index (κ1) is 23.3. The van der Waals surface area contributed by atoms with E-state index in [1.807, 2.05) is 24.4 Å². The van der Waals surface area contributed by atoms with Crippen LogP contribution >= 0.6 is 11.3 Å². The van der Waals surface area contributed by atoms with E-state index in [-0.39, 0.29) is 5.25 Å². The topological polar surface area (TPSA) is 128 Å². The van der Waals surface area contributed by atoms with Gasteiger partial charge in [0.2, 0.25) is 15.9 Å². The van der Waals surface area contributed by atoms with Crippen molar-refractivity contribution in [2.24, 2.45) is 5.73 Å². The number of carbonyl (C=O) groups is 1. The lowest BCUT2D eigenvalue weighted by atomic mass is 9.71. The average Bonchev–Trinajstić information content (AvgIpc) is 3.56. The lowest BCUT2D eigenvalue weighted by Crippen LogP contribution is -2.28. The third-order valence-electron chi connectivity index (χ3n) is 6.24. The maximum absolute atomic E-state index is 12.4. The van der Waals surface area contributed by atoms with Crippen LogP contribution in [0.15, 0.2) is 36.0 Å². The Bertz CT molecular complexity index is 1290. The Hall–Kier alpha value is -2.85. The molecule has 0 spiro atoms. The predicted molar refractivity (Wildman–Crippen MR) is 130 cm³/mol. The molecular formula is C23H27N5O3S2. The molecule has 0 radical (unpaired) electrons. The molecule has 174 valence electrons. The van der Waals surface area contributed by atoms with E-state index in [9.17, 15) is 13.2 Å². The molecule has 0 aliphatic heterocycles. The Balaban J connectivity index is 1.86. The number of benzene rings is 1. The highest BCUT2D eigenvalue weighted by molar-refractivity contribution is 7.93. The van der Waals surface area contributed by atoms with Crippen molar-refractivity contribution in [3.8, 4) is 11.3 Å². The number of amides is 1. The molecule has 1 aliphatic rings. The molecule has 0 unspecified atom stereocenters. The standard InChI is InChI=1S/C23H27N5O3S2/c1-4-23(5-2,20-13-32-22(27-20)28-33(30,31)16-7-8-16)18-10-15(21(24)29)6-9-17(18)19-12-25-11-14(3)26-19/h6,9-13,16H,4-5,7-8H2,1-3H3,(H2,24,29)(H,27,28). The zero-order chi connectivity index (χ0) is 23.8. The van der Waals surface area contributed by atoms with Gasteiger partial charge < -0.3 is 5.73 Å². The molecule has 8 nitrogen and oxygen atoms in total. The van der Waals surface area contributed by atoms with Gasteiger partial charge in [-0.2, -0.15) is 0 Å². The minimum absolute atomic E-state index is 0.328. The van der Waals surface area contributed by atoms with Crippen LogP contribution in [0, 0.1) is 6.92 Å². The van der Waals surface area contributed by atoms with Crippen LogP contribution in [0.2, 0.25) is 0 Å². The summed E-state index contributed by atoms with van der Waals surface area (Å²) in [5.41, 5.74) is 9.35. The molecular weight excluding hydrogens is 458 g/mol. The number of anilines is 1. The molecule has 1 fully saturated rings. The second kappa shape index (κ2) is 8.83. The van der Waals surface area contributed by atoms with Gasteiger partial charge in [-0.3, -0.25) is 14.5 Å². The van der Waals surface area contributed by atoms with Crippen LogP contribution in [0.25, 0.3) is 11.3 Å². The summed E-state index contributed by atoms with van der Waals surface area (Å²) in [4.78, 5) is 25.7. The van der Waals surface area contributed by atoms with Crippen LogP contribution < -0.4 is 10.5 Å². The number of hydrogen-bond acceptors (Lipinski definition) is 7. The summed E-state index contributed by atoms with van der Waals surface area (Å²) in [6, 6.07) is 5.35. The van der Waals surface area contributed by atoms with E-state index in [1.54, 1.807) is 18.5 Å². The summed E-state index contributed by atoms with van der Waals surface area (Å²) in [7, 11) is -3.41. The molecule has 2 aromatic heterocycles. The largest absolute Gasteiger partial charge is 0.366 e. The summed E-state index contributed by atoms with van der Waals surface area (Å²) in [6.45, 7) is 5.98. The number of primary amides is 1. The van der Waals surface area contributed by atoms with E-state index >= 15 is 0 Å². The number of nitrogens with one attached hydrogen (secondary N) is 1.